The SMILES string of the molecule is Cc1cc(C(=O)NCCC(=O)NCc2ccncc2)c(F)cc1F. The van der Waals surface area contributed by atoms with Gasteiger partial charge in [-0.05, 0) is 36.2 Å². The molecule has 0 fully saturated rings. The lowest BCUT2D eigenvalue weighted by Crippen LogP contribution is -2.31. The number of aromatic nitrogens is 1. The molecule has 24 heavy (non-hydrogen) atoms. The van der Waals surface area contributed by atoms with Gasteiger partial charge >= 0.3 is 0 Å². The van der Waals surface area contributed by atoms with Crippen molar-refractivity contribution in [3.05, 3.63) is 65.0 Å². The molecule has 1 aromatic heterocycles. The number of hydrogen-bond acceptors (Lipinski definition) is 3. The summed E-state index contributed by atoms with van der Waals surface area (Å²) in [5, 5.41) is 5.14. The minimum absolute atomic E-state index is 0.0525. The molecule has 0 saturated heterocycles. The van der Waals surface area contributed by atoms with Crippen LogP contribution >= 0.6 is 0 Å². The number of amides is 2. The summed E-state index contributed by atoms with van der Waals surface area (Å²) in [6.07, 6.45) is 3.31. The van der Waals surface area contributed by atoms with Crippen LogP contribution < -0.4 is 10.6 Å². The highest BCUT2D eigenvalue weighted by atomic mass is 19.1. The zero-order chi connectivity index (χ0) is 17.5. The van der Waals surface area contributed by atoms with E-state index >= 15 is 0 Å². The minimum atomic E-state index is -0.933. The molecule has 2 rings (SSSR count). The van der Waals surface area contributed by atoms with Gasteiger partial charge in [0.1, 0.15) is 11.6 Å². The van der Waals surface area contributed by atoms with Crippen LogP contribution in [0.5, 0.6) is 0 Å². The van der Waals surface area contributed by atoms with Gasteiger partial charge in [-0.2, -0.15) is 0 Å². The van der Waals surface area contributed by atoms with Crippen molar-refractivity contribution in [2.45, 2.75) is 19.9 Å². The molecule has 0 bridgehead atoms. The largest absolute Gasteiger partial charge is 0.352 e. The molecule has 1 aromatic carbocycles. The van der Waals surface area contributed by atoms with E-state index in [1.54, 1.807) is 24.5 Å². The fourth-order valence-electron chi connectivity index (χ4n) is 2.01. The Bertz CT molecular complexity index is 736. The molecular formula is C17H17F2N3O2. The van der Waals surface area contributed by atoms with Crippen molar-refractivity contribution in [1.29, 1.82) is 0 Å². The molecule has 2 N–H and O–H groups in total. The van der Waals surface area contributed by atoms with Crippen molar-refractivity contribution in [3.8, 4) is 0 Å². The van der Waals surface area contributed by atoms with Gasteiger partial charge in [0.25, 0.3) is 5.91 Å². The quantitative estimate of drug-likeness (QED) is 0.850. The highest BCUT2D eigenvalue weighted by molar-refractivity contribution is 5.94. The average Bonchev–Trinajstić information content (AvgIpc) is 2.57. The van der Waals surface area contributed by atoms with Crippen molar-refractivity contribution in [3.63, 3.8) is 0 Å². The maximum atomic E-state index is 13.6. The van der Waals surface area contributed by atoms with Gasteiger partial charge in [-0.15, -0.1) is 0 Å². The van der Waals surface area contributed by atoms with Crippen molar-refractivity contribution in [1.82, 2.24) is 15.6 Å². The van der Waals surface area contributed by atoms with Crippen molar-refractivity contribution < 1.29 is 18.4 Å². The van der Waals surface area contributed by atoms with Crippen LogP contribution in [0.4, 0.5) is 8.78 Å². The van der Waals surface area contributed by atoms with Crippen LogP contribution in [0, 0.1) is 18.6 Å². The third kappa shape index (κ3) is 4.84. The number of hydrogen-bond donors (Lipinski definition) is 2. The van der Waals surface area contributed by atoms with Gasteiger partial charge < -0.3 is 10.6 Å². The second-order valence-corrected chi connectivity index (χ2v) is 5.22. The molecule has 2 amide bonds. The van der Waals surface area contributed by atoms with Gasteiger partial charge in [0.2, 0.25) is 5.91 Å². The zero-order valence-electron chi connectivity index (χ0n) is 13.1. The summed E-state index contributed by atoms with van der Waals surface area (Å²) in [5.41, 5.74) is 0.842. The summed E-state index contributed by atoms with van der Waals surface area (Å²) in [6, 6.07) is 5.37. The van der Waals surface area contributed by atoms with E-state index in [4.69, 9.17) is 0 Å². The van der Waals surface area contributed by atoms with Crippen LogP contribution in [0.15, 0.2) is 36.7 Å². The smallest absolute Gasteiger partial charge is 0.254 e. The summed E-state index contributed by atoms with van der Waals surface area (Å²) >= 11 is 0. The van der Waals surface area contributed by atoms with Crippen LogP contribution in [0.3, 0.4) is 0 Å². The molecular weight excluding hydrogens is 316 g/mol. The van der Waals surface area contributed by atoms with E-state index in [0.717, 1.165) is 11.6 Å². The van der Waals surface area contributed by atoms with Gasteiger partial charge in [-0.1, -0.05) is 0 Å². The van der Waals surface area contributed by atoms with Crippen LogP contribution in [0.1, 0.15) is 27.9 Å². The van der Waals surface area contributed by atoms with E-state index in [1.165, 1.54) is 6.92 Å². The number of pyridine rings is 1. The Labute approximate surface area is 138 Å². The van der Waals surface area contributed by atoms with Crippen molar-refractivity contribution in [2.75, 3.05) is 6.54 Å². The zero-order valence-corrected chi connectivity index (χ0v) is 13.1. The average molecular weight is 333 g/mol. The molecule has 0 unspecified atom stereocenters. The topological polar surface area (TPSA) is 71.1 Å². The number of nitrogens with one attached hydrogen (secondary N) is 2. The highest BCUT2D eigenvalue weighted by Gasteiger charge is 2.14. The van der Waals surface area contributed by atoms with Gasteiger partial charge in [-0.3, -0.25) is 14.6 Å². The Morgan fingerprint density at radius 1 is 1.08 bits per heavy atom. The van der Waals surface area contributed by atoms with Gasteiger partial charge in [0.05, 0.1) is 5.56 Å². The maximum absolute atomic E-state index is 13.6. The maximum Gasteiger partial charge on any atom is 0.254 e. The summed E-state index contributed by atoms with van der Waals surface area (Å²) in [6.45, 7) is 1.86. The van der Waals surface area contributed by atoms with Crippen LogP contribution in [0.2, 0.25) is 0 Å². The molecule has 5 nitrogen and oxygen atoms in total. The molecule has 0 aliphatic rings. The number of halogens is 2. The fraction of sp³-hybridized carbons (Fsp3) is 0.235. The third-order valence-electron chi connectivity index (χ3n) is 3.37. The summed E-state index contributed by atoms with van der Waals surface area (Å²) in [4.78, 5) is 27.5. The molecule has 126 valence electrons. The fourth-order valence-corrected chi connectivity index (χ4v) is 2.01. The Morgan fingerprint density at radius 3 is 2.50 bits per heavy atom. The first-order valence-corrected chi connectivity index (χ1v) is 7.37. The van der Waals surface area contributed by atoms with Gasteiger partial charge in [0.15, 0.2) is 0 Å². The predicted octanol–water partition coefficient (Wildman–Crippen LogP) is 2.10. The number of nitrogens with zero attached hydrogens (tertiary/aromatic N) is 1. The Kier molecular flexibility index (Phi) is 5.95. The number of aryl methyl sites for hydroxylation is 1. The molecule has 0 aliphatic carbocycles. The standard InChI is InChI=1S/C17H17F2N3O2/c1-11-8-13(15(19)9-14(11)18)17(24)21-7-4-16(23)22-10-12-2-5-20-6-3-12/h2-3,5-6,8-9H,4,7,10H2,1H3,(H,21,24)(H,22,23). The van der Waals surface area contributed by atoms with Crippen LogP contribution in [0.25, 0.3) is 0 Å². The Hall–Kier alpha value is -2.83. The Morgan fingerprint density at radius 2 is 1.79 bits per heavy atom. The number of carbonyl (C=O) groups excluding carboxylic acids is 2. The summed E-state index contributed by atoms with van der Waals surface area (Å²) in [7, 11) is 0. The lowest BCUT2D eigenvalue weighted by molar-refractivity contribution is -0.121. The summed E-state index contributed by atoms with van der Waals surface area (Å²) < 4.78 is 26.8. The van der Waals surface area contributed by atoms with Crippen molar-refractivity contribution in [2.24, 2.45) is 0 Å². The first-order valence-electron chi connectivity index (χ1n) is 7.37. The van der Waals surface area contributed by atoms with E-state index in [1.807, 2.05) is 0 Å². The monoisotopic (exact) mass is 333 g/mol. The molecule has 1 heterocycles. The molecule has 0 atom stereocenters. The molecule has 7 heteroatoms. The highest BCUT2D eigenvalue weighted by Crippen LogP contribution is 2.14. The van der Waals surface area contributed by atoms with E-state index in [2.05, 4.69) is 15.6 Å². The van der Waals surface area contributed by atoms with E-state index in [9.17, 15) is 18.4 Å². The molecule has 0 saturated carbocycles. The summed E-state index contributed by atoms with van der Waals surface area (Å²) in [5.74, 6) is -2.57. The van der Waals surface area contributed by atoms with Gasteiger partial charge in [0, 0.05) is 38.0 Å². The molecule has 0 radical (unpaired) electrons. The minimum Gasteiger partial charge on any atom is -0.352 e. The number of carbonyl (C=O) groups is 2. The van der Waals surface area contributed by atoms with Crippen LogP contribution in [-0.2, 0) is 11.3 Å². The molecule has 0 aliphatic heterocycles. The van der Waals surface area contributed by atoms with E-state index in [0.29, 0.717) is 12.6 Å². The molecule has 2 aromatic rings. The lowest BCUT2D eigenvalue weighted by Gasteiger charge is -2.08. The second-order valence-electron chi connectivity index (χ2n) is 5.22. The van der Waals surface area contributed by atoms with Crippen molar-refractivity contribution >= 4 is 11.8 Å². The van der Waals surface area contributed by atoms with E-state index < -0.39 is 17.5 Å². The second kappa shape index (κ2) is 8.14. The first kappa shape index (κ1) is 17.5. The predicted molar refractivity (Wildman–Crippen MR) is 84.1 cm³/mol. The first-order chi connectivity index (χ1) is 11.5. The third-order valence-corrected chi connectivity index (χ3v) is 3.37. The van der Waals surface area contributed by atoms with Gasteiger partial charge in [-0.25, -0.2) is 8.78 Å². The number of rotatable bonds is 6. The lowest BCUT2D eigenvalue weighted by atomic mass is 10.1. The normalized spacial score (nSPS) is 10.3. The Balaban J connectivity index is 1.78. The molecule has 0 spiro atoms. The van der Waals surface area contributed by atoms with Crippen LogP contribution in [-0.4, -0.2) is 23.3 Å². The number of benzene rings is 1. The van der Waals surface area contributed by atoms with E-state index in [-0.39, 0.29) is 30.0 Å².